The van der Waals surface area contributed by atoms with Crippen molar-refractivity contribution in [2.24, 2.45) is 5.73 Å². The number of aromatic nitrogens is 2. The number of rotatable bonds is 6. The molecule has 1 aromatic heterocycles. The van der Waals surface area contributed by atoms with Crippen LogP contribution in [0.25, 0.3) is 0 Å². The van der Waals surface area contributed by atoms with Gasteiger partial charge in [-0.05, 0) is 25.8 Å². The zero-order chi connectivity index (χ0) is 14.8. The number of para-hydroxylation sites is 1. The summed E-state index contributed by atoms with van der Waals surface area (Å²) in [4.78, 5) is 12.3. The molecule has 0 radical (unpaired) electrons. The van der Waals surface area contributed by atoms with E-state index < -0.39 is 0 Å². The van der Waals surface area contributed by atoms with Crippen LogP contribution in [-0.4, -0.2) is 15.7 Å². The van der Waals surface area contributed by atoms with Gasteiger partial charge in [0.2, 0.25) is 0 Å². The number of nitrogens with two attached hydrogens (primary N) is 1. The van der Waals surface area contributed by atoms with Gasteiger partial charge < -0.3 is 10.5 Å². The van der Waals surface area contributed by atoms with Crippen LogP contribution in [0.4, 0.5) is 0 Å². The molecule has 0 amide bonds. The summed E-state index contributed by atoms with van der Waals surface area (Å²) in [5.41, 5.74) is 7.24. The van der Waals surface area contributed by atoms with E-state index in [4.69, 9.17) is 10.5 Å². The maximum absolute atomic E-state index is 12.3. The van der Waals surface area contributed by atoms with Gasteiger partial charge in [-0.1, -0.05) is 18.2 Å². The van der Waals surface area contributed by atoms with E-state index in [9.17, 15) is 4.79 Å². The predicted molar refractivity (Wildman–Crippen MR) is 81.5 cm³/mol. The fourth-order valence-electron chi connectivity index (χ4n) is 2.58. The molecule has 1 unspecified atom stereocenters. The van der Waals surface area contributed by atoms with Gasteiger partial charge in [0.1, 0.15) is 5.75 Å². The van der Waals surface area contributed by atoms with Gasteiger partial charge >= 0.3 is 5.69 Å². The van der Waals surface area contributed by atoms with Gasteiger partial charge in [-0.3, -0.25) is 9.13 Å². The molecule has 1 aromatic carbocycles. The molecule has 0 saturated heterocycles. The van der Waals surface area contributed by atoms with Crippen LogP contribution >= 0.6 is 0 Å². The largest absolute Gasteiger partial charge is 0.494 e. The predicted octanol–water partition coefficient (Wildman–Crippen LogP) is 2.08. The highest BCUT2D eigenvalue weighted by molar-refractivity contribution is 5.35. The van der Waals surface area contributed by atoms with Crippen LogP contribution in [0.5, 0.6) is 5.75 Å². The van der Waals surface area contributed by atoms with Crippen molar-refractivity contribution in [1.29, 1.82) is 0 Å². The Morgan fingerprint density at radius 1 is 1.33 bits per heavy atom. The van der Waals surface area contributed by atoms with Gasteiger partial charge in [-0.25, -0.2) is 4.79 Å². The number of hydrogen-bond acceptors (Lipinski definition) is 3. The quantitative estimate of drug-likeness (QED) is 0.885. The molecule has 112 valence electrons. The Balaban J connectivity index is 1.80. The second-order valence-corrected chi connectivity index (χ2v) is 5.45. The lowest BCUT2D eigenvalue weighted by molar-refractivity contribution is 0.332. The summed E-state index contributed by atoms with van der Waals surface area (Å²) in [6, 6.07) is 7.87. The van der Waals surface area contributed by atoms with E-state index in [1.165, 1.54) is 0 Å². The maximum Gasteiger partial charge on any atom is 0.328 e. The first-order valence-electron chi connectivity index (χ1n) is 7.45. The summed E-state index contributed by atoms with van der Waals surface area (Å²) in [7, 11) is 0. The van der Waals surface area contributed by atoms with Crippen LogP contribution in [0.2, 0.25) is 0 Å². The molecule has 2 N–H and O–H groups in total. The lowest BCUT2D eigenvalue weighted by atomic mass is 10.1. The molecular formula is C16H21N3O2. The molecule has 5 heteroatoms. The molecule has 1 aliphatic carbocycles. The van der Waals surface area contributed by atoms with Crippen LogP contribution in [0, 0.1) is 0 Å². The molecule has 5 nitrogen and oxygen atoms in total. The van der Waals surface area contributed by atoms with E-state index in [0.717, 1.165) is 24.2 Å². The van der Waals surface area contributed by atoms with Crippen molar-refractivity contribution in [2.45, 2.75) is 38.4 Å². The van der Waals surface area contributed by atoms with Crippen molar-refractivity contribution in [3.05, 3.63) is 52.7 Å². The highest BCUT2D eigenvalue weighted by atomic mass is 16.5. The Morgan fingerprint density at radius 2 is 2.10 bits per heavy atom. The van der Waals surface area contributed by atoms with Crippen molar-refractivity contribution in [1.82, 2.24) is 9.13 Å². The lowest BCUT2D eigenvalue weighted by Gasteiger charge is -2.16. The summed E-state index contributed by atoms with van der Waals surface area (Å²) in [5.74, 6) is 0.794. The molecule has 0 bridgehead atoms. The second kappa shape index (κ2) is 5.77. The Bertz CT molecular complexity index is 670. The fraction of sp³-hybridized carbons (Fsp3) is 0.438. The molecule has 3 rings (SSSR count). The summed E-state index contributed by atoms with van der Waals surface area (Å²) in [6.07, 6.45) is 5.89. The fourth-order valence-corrected chi connectivity index (χ4v) is 2.58. The second-order valence-electron chi connectivity index (χ2n) is 5.45. The third-order valence-corrected chi connectivity index (χ3v) is 3.83. The standard InChI is InChI=1S/C16H21N3O2/c1-2-21-15-6-4-3-5-13(15)14(17)11-18-9-10-19(16(18)20)12-7-8-12/h3-6,9-10,12,14H,2,7-8,11,17H2,1H3. The van der Waals surface area contributed by atoms with Crippen molar-refractivity contribution < 1.29 is 4.74 Å². The van der Waals surface area contributed by atoms with Crippen LogP contribution < -0.4 is 16.2 Å². The Kier molecular flexibility index (Phi) is 3.84. The van der Waals surface area contributed by atoms with Crippen LogP contribution in [0.15, 0.2) is 41.5 Å². The van der Waals surface area contributed by atoms with Crippen molar-refractivity contribution in [3.8, 4) is 5.75 Å². The van der Waals surface area contributed by atoms with Crippen LogP contribution in [0.3, 0.4) is 0 Å². The van der Waals surface area contributed by atoms with Crippen LogP contribution in [-0.2, 0) is 6.54 Å². The molecule has 21 heavy (non-hydrogen) atoms. The molecule has 1 fully saturated rings. The van der Waals surface area contributed by atoms with Crippen molar-refractivity contribution in [3.63, 3.8) is 0 Å². The topological polar surface area (TPSA) is 62.2 Å². The Morgan fingerprint density at radius 3 is 2.81 bits per heavy atom. The summed E-state index contributed by atoms with van der Waals surface area (Å²) >= 11 is 0. The minimum absolute atomic E-state index is 0.0295. The van der Waals surface area contributed by atoms with E-state index in [-0.39, 0.29) is 11.7 Å². The van der Waals surface area contributed by atoms with Gasteiger partial charge in [0.25, 0.3) is 0 Å². The third kappa shape index (κ3) is 2.88. The van der Waals surface area contributed by atoms with E-state index >= 15 is 0 Å². The number of hydrogen-bond donors (Lipinski definition) is 1. The molecule has 2 aromatic rings. The number of benzene rings is 1. The van der Waals surface area contributed by atoms with Gasteiger partial charge in [0.15, 0.2) is 0 Å². The SMILES string of the molecule is CCOc1ccccc1C(N)Cn1ccn(C2CC2)c1=O. The average Bonchev–Trinajstić information content (AvgIpc) is 3.26. The minimum Gasteiger partial charge on any atom is -0.494 e. The Labute approximate surface area is 124 Å². The first-order valence-corrected chi connectivity index (χ1v) is 7.45. The summed E-state index contributed by atoms with van der Waals surface area (Å²) in [6.45, 7) is 3.01. The van der Waals surface area contributed by atoms with Crippen molar-refractivity contribution in [2.75, 3.05) is 6.61 Å². The van der Waals surface area contributed by atoms with E-state index in [2.05, 4.69) is 0 Å². The molecule has 1 heterocycles. The first-order chi connectivity index (χ1) is 10.2. The molecule has 0 aliphatic heterocycles. The highest BCUT2D eigenvalue weighted by Gasteiger charge is 2.26. The Hall–Kier alpha value is -2.01. The number of imidazole rings is 1. The average molecular weight is 287 g/mol. The molecule has 1 saturated carbocycles. The molecule has 0 spiro atoms. The monoisotopic (exact) mass is 287 g/mol. The summed E-state index contributed by atoms with van der Waals surface area (Å²) in [5, 5.41) is 0. The van der Waals surface area contributed by atoms with Crippen LogP contribution in [0.1, 0.15) is 37.4 Å². The van der Waals surface area contributed by atoms with Gasteiger partial charge in [-0.15, -0.1) is 0 Å². The zero-order valence-electron chi connectivity index (χ0n) is 12.2. The van der Waals surface area contributed by atoms with E-state index in [1.54, 1.807) is 9.13 Å². The maximum atomic E-state index is 12.3. The van der Waals surface area contributed by atoms with E-state index in [0.29, 0.717) is 19.2 Å². The summed E-state index contributed by atoms with van der Waals surface area (Å²) < 4.78 is 9.10. The van der Waals surface area contributed by atoms with E-state index in [1.807, 2.05) is 43.6 Å². The number of nitrogens with zero attached hydrogens (tertiary/aromatic N) is 2. The molecular weight excluding hydrogens is 266 g/mol. The smallest absolute Gasteiger partial charge is 0.328 e. The minimum atomic E-state index is -0.263. The van der Waals surface area contributed by atoms with Gasteiger partial charge in [0.05, 0.1) is 12.6 Å². The first kappa shape index (κ1) is 13.9. The lowest BCUT2D eigenvalue weighted by Crippen LogP contribution is -2.28. The van der Waals surface area contributed by atoms with Gasteiger partial charge in [-0.2, -0.15) is 0 Å². The number of ether oxygens (including phenoxy) is 1. The molecule has 1 aliphatic rings. The normalized spacial score (nSPS) is 15.9. The third-order valence-electron chi connectivity index (χ3n) is 3.83. The van der Waals surface area contributed by atoms with Crippen molar-refractivity contribution >= 4 is 0 Å². The van der Waals surface area contributed by atoms with Gasteiger partial charge in [0, 0.05) is 30.5 Å². The highest BCUT2D eigenvalue weighted by Crippen LogP contribution is 2.33. The molecule has 1 atom stereocenters. The zero-order valence-corrected chi connectivity index (χ0v) is 12.2.